The topological polar surface area (TPSA) is 38.1 Å². The number of nitrogens with zero attached hydrogens (tertiary/aromatic N) is 3. The summed E-state index contributed by atoms with van der Waals surface area (Å²) in [6.45, 7) is 0. The molecule has 35 heavy (non-hydrogen) atoms. The van der Waals surface area contributed by atoms with Crippen LogP contribution in [0.25, 0.3) is 38.5 Å². The molecule has 0 aliphatic rings. The summed E-state index contributed by atoms with van der Waals surface area (Å²) in [5.74, 6) is -0.125. The fourth-order valence-corrected chi connectivity index (χ4v) is 4.29. The Bertz CT molecular complexity index is 1570. The summed E-state index contributed by atoms with van der Waals surface area (Å²) in [6, 6.07) is 23.0. The summed E-state index contributed by atoms with van der Waals surface area (Å²) in [4.78, 5) is 14.1. The van der Waals surface area contributed by atoms with Crippen molar-refractivity contribution in [3.05, 3.63) is 96.2 Å². The fraction of sp³-hybridized carbons (Fsp3) is 0.143. The number of carbonyl (C=O) groups is 1. The van der Waals surface area contributed by atoms with Crippen molar-refractivity contribution in [1.82, 2.24) is 14.7 Å². The van der Waals surface area contributed by atoms with Crippen LogP contribution in [0.4, 0.5) is 13.2 Å². The van der Waals surface area contributed by atoms with E-state index in [-0.39, 0.29) is 18.0 Å². The number of carbonyl (C=O) groups excluding carboxylic acids is 1. The Morgan fingerprint density at radius 1 is 0.886 bits per heavy atom. The van der Waals surface area contributed by atoms with Gasteiger partial charge < -0.3 is 4.90 Å². The number of amides is 1. The van der Waals surface area contributed by atoms with Gasteiger partial charge in [0.2, 0.25) is 5.91 Å². The van der Waals surface area contributed by atoms with Crippen LogP contribution in [0.3, 0.4) is 0 Å². The Kier molecular flexibility index (Phi) is 5.55. The zero-order chi connectivity index (χ0) is 24.7. The number of aromatic nitrogens is 2. The maximum Gasteiger partial charge on any atom is 0.416 e. The molecule has 1 aromatic heterocycles. The fourth-order valence-electron chi connectivity index (χ4n) is 4.29. The summed E-state index contributed by atoms with van der Waals surface area (Å²) < 4.78 is 41.4. The Hall–Kier alpha value is -4.13. The van der Waals surface area contributed by atoms with Crippen molar-refractivity contribution in [1.29, 1.82) is 0 Å². The second-order valence-electron chi connectivity index (χ2n) is 8.65. The molecule has 1 amide bonds. The van der Waals surface area contributed by atoms with Gasteiger partial charge >= 0.3 is 6.18 Å². The number of halogens is 3. The van der Waals surface area contributed by atoms with Crippen LogP contribution in [0.1, 0.15) is 11.1 Å². The average Bonchev–Trinajstić information content (AvgIpc) is 3.26. The van der Waals surface area contributed by atoms with Crippen LogP contribution in [0.2, 0.25) is 0 Å². The molecule has 0 spiro atoms. The van der Waals surface area contributed by atoms with Crippen LogP contribution in [0.15, 0.2) is 85.1 Å². The van der Waals surface area contributed by atoms with E-state index in [1.807, 2.05) is 48.5 Å². The lowest BCUT2D eigenvalue weighted by Gasteiger charge is -2.12. The van der Waals surface area contributed by atoms with Crippen molar-refractivity contribution < 1.29 is 18.0 Å². The van der Waals surface area contributed by atoms with Gasteiger partial charge in [-0.1, -0.05) is 54.6 Å². The van der Waals surface area contributed by atoms with E-state index in [4.69, 9.17) is 5.10 Å². The maximum absolute atomic E-state index is 13.3. The van der Waals surface area contributed by atoms with Crippen molar-refractivity contribution in [2.75, 3.05) is 14.1 Å². The minimum absolute atomic E-state index is 0.0719. The molecule has 176 valence electrons. The van der Waals surface area contributed by atoms with E-state index < -0.39 is 11.7 Å². The minimum Gasteiger partial charge on any atom is -0.349 e. The lowest BCUT2D eigenvalue weighted by atomic mass is 9.94. The van der Waals surface area contributed by atoms with Crippen molar-refractivity contribution in [3.63, 3.8) is 0 Å². The average molecular weight is 473 g/mol. The molecule has 0 radical (unpaired) electrons. The molecule has 7 heteroatoms. The molecule has 5 aromatic rings. The third-order valence-electron chi connectivity index (χ3n) is 6.09. The normalized spacial score (nSPS) is 11.8. The number of fused-ring (bicyclic) bond motifs is 3. The van der Waals surface area contributed by atoms with Crippen molar-refractivity contribution in [3.8, 4) is 16.9 Å². The predicted molar refractivity (Wildman–Crippen MR) is 131 cm³/mol. The Labute approximate surface area is 200 Å². The van der Waals surface area contributed by atoms with Gasteiger partial charge in [-0.25, -0.2) is 4.68 Å². The molecule has 0 aliphatic heterocycles. The number of hydrogen-bond donors (Lipinski definition) is 0. The van der Waals surface area contributed by atoms with Gasteiger partial charge in [0.15, 0.2) is 0 Å². The van der Waals surface area contributed by atoms with E-state index in [9.17, 15) is 18.0 Å². The van der Waals surface area contributed by atoms with Gasteiger partial charge in [0.05, 0.1) is 23.4 Å². The van der Waals surface area contributed by atoms with Gasteiger partial charge in [-0.05, 0) is 45.8 Å². The van der Waals surface area contributed by atoms with Crippen molar-refractivity contribution in [2.24, 2.45) is 0 Å². The number of hydrogen-bond acceptors (Lipinski definition) is 2. The quantitative estimate of drug-likeness (QED) is 0.280. The largest absolute Gasteiger partial charge is 0.416 e. The van der Waals surface area contributed by atoms with Crippen LogP contribution >= 0.6 is 0 Å². The van der Waals surface area contributed by atoms with E-state index in [0.717, 1.165) is 39.2 Å². The number of likely N-dealkylation sites (N-methyl/N-ethyl adjacent to an activating group) is 1. The van der Waals surface area contributed by atoms with Crippen molar-refractivity contribution >= 4 is 27.5 Å². The summed E-state index contributed by atoms with van der Waals surface area (Å²) in [7, 11) is 3.34. The lowest BCUT2D eigenvalue weighted by molar-refractivity contribution is -0.137. The zero-order valence-electron chi connectivity index (χ0n) is 19.2. The number of benzene rings is 4. The van der Waals surface area contributed by atoms with Crippen LogP contribution in [-0.2, 0) is 17.4 Å². The Balaban J connectivity index is 1.75. The molecule has 0 bridgehead atoms. The van der Waals surface area contributed by atoms with E-state index in [1.165, 1.54) is 15.6 Å². The van der Waals surface area contributed by atoms with Gasteiger partial charge in [0.25, 0.3) is 0 Å². The first-order valence-electron chi connectivity index (χ1n) is 11.1. The zero-order valence-corrected chi connectivity index (χ0v) is 19.2. The minimum atomic E-state index is -4.47. The Morgan fingerprint density at radius 2 is 1.57 bits per heavy atom. The van der Waals surface area contributed by atoms with Crippen LogP contribution in [-0.4, -0.2) is 34.7 Å². The first kappa shape index (κ1) is 22.7. The summed E-state index contributed by atoms with van der Waals surface area (Å²) in [5.41, 5.74) is 1.55. The predicted octanol–water partition coefficient (Wildman–Crippen LogP) is 6.50. The lowest BCUT2D eigenvalue weighted by Crippen LogP contribution is -2.23. The van der Waals surface area contributed by atoms with Gasteiger partial charge in [-0.2, -0.15) is 18.3 Å². The monoisotopic (exact) mass is 473 g/mol. The smallest absolute Gasteiger partial charge is 0.349 e. The molecule has 0 unspecified atom stereocenters. The summed E-state index contributed by atoms with van der Waals surface area (Å²) in [6.07, 6.45) is -2.75. The number of alkyl halides is 3. The molecule has 0 saturated heterocycles. The molecular weight excluding hydrogens is 451 g/mol. The summed E-state index contributed by atoms with van der Waals surface area (Å²) >= 11 is 0. The molecule has 0 atom stereocenters. The molecule has 5 rings (SSSR count). The van der Waals surface area contributed by atoms with Gasteiger partial charge in [-0.3, -0.25) is 4.79 Å². The SMILES string of the molecule is CN(C)C(=O)Cc1cn(-c2cccc(C(F)(F)F)c2)nc1-c1cc2ccccc2c2ccccc12. The molecular formula is C28H22F3N3O. The highest BCUT2D eigenvalue weighted by Crippen LogP contribution is 2.37. The molecule has 4 aromatic carbocycles. The molecule has 4 nitrogen and oxygen atoms in total. The summed E-state index contributed by atoms with van der Waals surface area (Å²) in [5, 5.41) is 8.83. The highest BCUT2D eigenvalue weighted by molar-refractivity contribution is 6.13. The molecule has 1 heterocycles. The van der Waals surface area contributed by atoms with Gasteiger partial charge in [-0.15, -0.1) is 0 Å². The standard InChI is InChI=1S/C28H22F3N3O/c1-33(2)26(35)15-19-17-34(21-10-7-9-20(16-21)28(29,30)31)32-27(19)25-14-18-8-3-4-11-22(18)23-12-5-6-13-24(23)25/h3-14,16-17H,15H2,1-2H3. The Morgan fingerprint density at radius 3 is 2.29 bits per heavy atom. The third kappa shape index (κ3) is 4.25. The molecule has 0 aliphatic carbocycles. The van der Waals surface area contributed by atoms with Crippen molar-refractivity contribution in [2.45, 2.75) is 12.6 Å². The van der Waals surface area contributed by atoms with Gasteiger partial charge in [0.1, 0.15) is 0 Å². The molecule has 0 N–H and O–H groups in total. The highest BCUT2D eigenvalue weighted by atomic mass is 19.4. The first-order valence-corrected chi connectivity index (χ1v) is 11.1. The molecule has 0 saturated carbocycles. The highest BCUT2D eigenvalue weighted by Gasteiger charge is 2.30. The first-order chi connectivity index (χ1) is 16.7. The molecule has 0 fully saturated rings. The van der Waals surface area contributed by atoms with Crippen LogP contribution in [0, 0.1) is 0 Å². The van der Waals surface area contributed by atoms with Crippen LogP contribution < -0.4 is 0 Å². The second-order valence-corrected chi connectivity index (χ2v) is 8.65. The van der Waals surface area contributed by atoms with E-state index in [0.29, 0.717) is 11.3 Å². The third-order valence-corrected chi connectivity index (χ3v) is 6.09. The van der Waals surface area contributed by atoms with E-state index in [1.54, 1.807) is 26.4 Å². The maximum atomic E-state index is 13.3. The number of rotatable bonds is 4. The van der Waals surface area contributed by atoms with Gasteiger partial charge in [0, 0.05) is 31.4 Å². The second kappa shape index (κ2) is 8.58. The van der Waals surface area contributed by atoms with Crippen LogP contribution in [0.5, 0.6) is 0 Å². The van der Waals surface area contributed by atoms with E-state index in [2.05, 4.69) is 6.07 Å². The van der Waals surface area contributed by atoms with E-state index >= 15 is 0 Å².